The van der Waals surface area contributed by atoms with Crippen LogP contribution in [0.15, 0.2) is 84.9 Å². The average molecular weight is 373 g/mol. The first-order valence-electron chi connectivity index (χ1n) is 9.76. The highest BCUT2D eigenvalue weighted by Crippen LogP contribution is 2.27. The first kappa shape index (κ1) is 19.7. The van der Waals surface area contributed by atoms with Crippen molar-refractivity contribution in [1.29, 1.82) is 0 Å². The molecular weight excluding hydrogens is 346 g/mol. The second-order valence-corrected chi connectivity index (χ2v) is 6.88. The van der Waals surface area contributed by atoms with E-state index in [4.69, 9.17) is 4.74 Å². The van der Waals surface area contributed by atoms with Crippen molar-refractivity contribution in [2.24, 2.45) is 0 Å². The van der Waals surface area contributed by atoms with Gasteiger partial charge in [0.25, 0.3) is 0 Å². The molecule has 3 aromatic carbocycles. The highest BCUT2D eigenvalue weighted by Gasteiger charge is 2.17. The second kappa shape index (κ2) is 10.3. The molecule has 0 saturated heterocycles. The lowest BCUT2D eigenvalue weighted by Gasteiger charge is -2.18. The monoisotopic (exact) mass is 373 g/mol. The van der Waals surface area contributed by atoms with Crippen LogP contribution < -0.4 is 10.1 Å². The van der Waals surface area contributed by atoms with E-state index >= 15 is 0 Å². The molecule has 144 valence electrons. The number of hydrogen-bond acceptors (Lipinski definition) is 2. The van der Waals surface area contributed by atoms with E-state index in [9.17, 15) is 4.79 Å². The Hall–Kier alpha value is -3.07. The number of methoxy groups -OCH3 is 1. The largest absolute Gasteiger partial charge is 0.497 e. The molecule has 0 bridgehead atoms. The number of benzene rings is 3. The molecule has 0 aliphatic carbocycles. The summed E-state index contributed by atoms with van der Waals surface area (Å²) in [5, 5.41) is 3.08. The number of aryl methyl sites for hydroxylation is 1. The minimum absolute atomic E-state index is 0.0731. The Kier molecular flexibility index (Phi) is 7.25. The molecule has 0 saturated carbocycles. The quantitative estimate of drug-likeness (QED) is 0.538. The summed E-state index contributed by atoms with van der Waals surface area (Å²) in [4.78, 5) is 12.6. The number of carbonyl (C=O) groups excluding carboxylic acids is 1. The van der Waals surface area contributed by atoms with Crippen LogP contribution in [0.3, 0.4) is 0 Å². The van der Waals surface area contributed by atoms with Crippen molar-refractivity contribution in [3.8, 4) is 5.75 Å². The SMILES string of the molecule is COc1ccc(CCCNC(=O)CC(c2ccccc2)c2ccccc2)cc1. The van der Waals surface area contributed by atoms with Gasteiger partial charge < -0.3 is 10.1 Å². The minimum atomic E-state index is 0.0731. The van der Waals surface area contributed by atoms with Crippen LogP contribution in [0.4, 0.5) is 0 Å². The fourth-order valence-corrected chi connectivity index (χ4v) is 3.37. The van der Waals surface area contributed by atoms with Gasteiger partial charge >= 0.3 is 0 Å². The van der Waals surface area contributed by atoms with E-state index in [2.05, 4.69) is 41.7 Å². The lowest BCUT2D eigenvalue weighted by Crippen LogP contribution is -2.26. The van der Waals surface area contributed by atoms with Gasteiger partial charge in [-0.1, -0.05) is 72.8 Å². The Bertz CT molecular complexity index is 805. The topological polar surface area (TPSA) is 38.3 Å². The van der Waals surface area contributed by atoms with Gasteiger partial charge in [0.1, 0.15) is 5.75 Å². The van der Waals surface area contributed by atoms with Crippen LogP contribution in [0.1, 0.15) is 35.4 Å². The normalized spacial score (nSPS) is 10.6. The first-order chi connectivity index (χ1) is 13.8. The summed E-state index contributed by atoms with van der Waals surface area (Å²) < 4.78 is 5.18. The molecule has 1 N–H and O–H groups in total. The van der Waals surface area contributed by atoms with Gasteiger partial charge in [0.2, 0.25) is 5.91 Å². The van der Waals surface area contributed by atoms with Crippen LogP contribution in [0, 0.1) is 0 Å². The van der Waals surface area contributed by atoms with E-state index in [0.717, 1.165) is 18.6 Å². The number of hydrogen-bond donors (Lipinski definition) is 1. The van der Waals surface area contributed by atoms with Crippen molar-refractivity contribution >= 4 is 5.91 Å². The molecule has 3 nitrogen and oxygen atoms in total. The summed E-state index contributed by atoms with van der Waals surface area (Å²) in [5.41, 5.74) is 3.59. The zero-order valence-corrected chi connectivity index (χ0v) is 16.3. The lowest BCUT2D eigenvalue weighted by molar-refractivity contribution is -0.121. The molecule has 0 aromatic heterocycles. The van der Waals surface area contributed by atoms with Crippen molar-refractivity contribution in [2.45, 2.75) is 25.2 Å². The Balaban J connectivity index is 1.52. The van der Waals surface area contributed by atoms with Gasteiger partial charge in [0.05, 0.1) is 7.11 Å². The smallest absolute Gasteiger partial charge is 0.220 e. The summed E-state index contributed by atoms with van der Waals surface area (Å²) in [6.07, 6.45) is 2.31. The summed E-state index contributed by atoms with van der Waals surface area (Å²) in [5.74, 6) is 1.03. The van der Waals surface area contributed by atoms with Crippen molar-refractivity contribution in [3.63, 3.8) is 0 Å². The van der Waals surface area contributed by atoms with Gasteiger partial charge in [-0.3, -0.25) is 4.79 Å². The molecule has 0 radical (unpaired) electrons. The predicted molar refractivity (Wildman–Crippen MR) is 114 cm³/mol. The molecule has 0 heterocycles. The van der Waals surface area contributed by atoms with Gasteiger partial charge in [0.15, 0.2) is 0 Å². The molecule has 0 atom stereocenters. The van der Waals surface area contributed by atoms with Gasteiger partial charge in [0, 0.05) is 18.9 Å². The van der Waals surface area contributed by atoms with E-state index in [1.807, 2.05) is 48.5 Å². The maximum atomic E-state index is 12.6. The average Bonchev–Trinajstić information content (AvgIpc) is 2.76. The van der Waals surface area contributed by atoms with Gasteiger partial charge in [-0.05, 0) is 41.7 Å². The number of rotatable bonds is 9. The molecule has 3 aromatic rings. The minimum Gasteiger partial charge on any atom is -0.497 e. The highest BCUT2D eigenvalue weighted by atomic mass is 16.5. The Morgan fingerprint density at radius 1 is 0.857 bits per heavy atom. The lowest BCUT2D eigenvalue weighted by atomic mass is 9.88. The summed E-state index contributed by atoms with van der Waals surface area (Å²) in [6, 6.07) is 28.6. The van der Waals surface area contributed by atoms with Crippen LogP contribution in [0.5, 0.6) is 5.75 Å². The van der Waals surface area contributed by atoms with E-state index < -0.39 is 0 Å². The predicted octanol–water partition coefficient (Wildman–Crippen LogP) is 4.97. The molecule has 0 unspecified atom stereocenters. The van der Waals surface area contributed by atoms with Crippen molar-refractivity contribution in [2.75, 3.05) is 13.7 Å². The fraction of sp³-hybridized carbons (Fsp3) is 0.240. The fourth-order valence-electron chi connectivity index (χ4n) is 3.37. The van der Waals surface area contributed by atoms with E-state index in [1.165, 1.54) is 16.7 Å². The molecule has 0 fully saturated rings. The first-order valence-corrected chi connectivity index (χ1v) is 9.76. The standard InChI is InChI=1S/C25H27NO2/c1-28-23-16-14-20(15-17-23)9-8-18-26-25(27)19-24(21-10-4-2-5-11-21)22-12-6-3-7-13-22/h2-7,10-17,24H,8-9,18-19H2,1H3,(H,26,27). The third kappa shape index (κ3) is 5.71. The van der Waals surface area contributed by atoms with E-state index in [-0.39, 0.29) is 11.8 Å². The van der Waals surface area contributed by atoms with E-state index in [1.54, 1.807) is 7.11 Å². The molecule has 0 aliphatic rings. The number of amides is 1. The van der Waals surface area contributed by atoms with Crippen molar-refractivity contribution in [3.05, 3.63) is 102 Å². The van der Waals surface area contributed by atoms with Crippen molar-refractivity contribution < 1.29 is 9.53 Å². The van der Waals surface area contributed by atoms with Gasteiger partial charge in [-0.2, -0.15) is 0 Å². The summed E-state index contributed by atoms with van der Waals surface area (Å²) >= 11 is 0. The molecule has 1 amide bonds. The Morgan fingerprint density at radius 3 is 1.96 bits per heavy atom. The number of ether oxygens (including phenoxy) is 1. The maximum Gasteiger partial charge on any atom is 0.220 e. The summed E-state index contributed by atoms with van der Waals surface area (Å²) in [7, 11) is 1.67. The van der Waals surface area contributed by atoms with Crippen LogP contribution in [0.2, 0.25) is 0 Å². The van der Waals surface area contributed by atoms with Crippen LogP contribution in [0.25, 0.3) is 0 Å². The number of carbonyl (C=O) groups is 1. The summed E-state index contributed by atoms with van der Waals surface area (Å²) in [6.45, 7) is 0.682. The van der Waals surface area contributed by atoms with Crippen LogP contribution in [-0.4, -0.2) is 19.6 Å². The zero-order valence-electron chi connectivity index (χ0n) is 16.3. The molecule has 28 heavy (non-hydrogen) atoms. The molecular formula is C25H27NO2. The Labute approximate surface area is 167 Å². The third-order valence-corrected chi connectivity index (χ3v) is 4.92. The zero-order chi connectivity index (χ0) is 19.6. The molecule has 0 aliphatic heterocycles. The highest BCUT2D eigenvalue weighted by molar-refractivity contribution is 5.77. The number of nitrogens with one attached hydrogen (secondary N) is 1. The van der Waals surface area contributed by atoms with E-state index in [0.29, 0.717) is 13.0 Å². The molecule has 3 heteroatoms. The molecule has 3 rings (SSSR count). The Morgan fingerprint density at radius 2 is 1.43 bits per heavy atom. The van der Waals surface area contributed by atoms with Crippen LogP contribution >= 0.6 is 0 Å². The third-order valence-electron chi connectivity index (χ3n) is 4.92. The van der Waals surface area contributed by atoms with Crippen LogP contribution in [-0.2, 0) is 11.2 Å². The van der Waals surface area contributed by atoms with Crippen molar-refractivity contribution in [1.82, 2.24) is 5.32 Å². The van der Waals surface area contributed by atoms with Gasteiger partial charge in [-0.25, -0.2) is 0 Å². The molecule has 0 spiro atoms. The maximum absolute atomic E-state index is 12.6. The second-order valence-electron chi connectivity index (χ2n) is 6.88. The van der Waals surface area contributed by atoms with Gasteiger partial charge in [-0.15, -0.1) is 0 Å².